The molecule has 23 heteroatoms. The predicted molar refractivity (Wildman–Crippen MR) is 253 cm³/mol. The van der Waals surface area contributed by atoms with E-state index in [1.165, 1.54) is 44.4 Å². The number of aliphatic hydroxyl groups is 1. The van der Waals surface area contributed by atoms with Crippen LogP contribution in [0.3, 0.4) is 0 Å². The summed E-state index contributed by atoms with van der Waals surface area (Å²) in [6, 6.07) is 6.61. The molecule has 0 spiro atoms. The highest BCUT2D eigenvalue weighted by molar-refractivity contribution is 7.89. The van der Waals surface area contributed by atoms with Crippen LogP contribution in [0, 0.1) is 18.7 Å². The lowest BCUT2D eigenvalue weighted by Gasteiger charge is -2.53. The molecule has 5 aliphatic rings. The van der Waals surface area contributed by atoms with E-state index in [1.807, 2.05) is 4.90 Å². The van der Waals surface area contributed by atoms with Crippen molar-refractivity contribution >= 4 is 56.0 Å². The summed E-state index contributed by atoms with van der Waals surface area (Å²) in [5.74, 6) is -1.42. The van der Waals surface area contributed by atoms with E-state index in [9.17, 15) is 41.1 Å². The fourth-order valence-corrected chi connectivity index (χ4v) is 12.8. The second kappa shape index (κ2) is 19.1. The number of hydrogen-bond donors (Lipinski definition) is 4. The number of anilines is 4. The number of β-amino-alcohol motifs (C(OH)–C–C–N with tert-alkyl or cyclic N) is 1. The molecular formula is C47H61F4N11O7S. The van der Waals surface area contributed by atoms with Crippen LogP contribution >= 0.6 is 0 Å². The van der Waals surface area contributed by atoms with Crippen molar-refractivity contribution in [3.8, 4) is 0 Å². The van der Waals surface area contributed by atoms with Crippen molar-refractivity contribution in [2.45, 2.75) is 99.5 Å². The van der Waals surface area contributed by atoms with E-state index < -0.39 is 56.4 Å². The highest BCUT2D eigenvalue weighted by Crippen LogP contribution is 2.41. The molecule has 0 radical (unpaired) electrons. The normalized spacial score (nSPS) is 25.6. The number of carbonyl (C=O) groups is 2. The highest BCUT2D eigenvalue weighted by Gasteiger charge is 2.50. The largest absolute Gasteiger partial charge is 0.421 e. The van der Waals surface area contributed by atoms with Crippen molar-refractivity contribution in [3.05, 3.63) is 64.0 Å². The van der Waals surface area contributed by atoms with Crippen LogP contribution in [-0.2, 0) is 37.6 Å². The smallest absolute Gasteiger partial charge is 0.388 e. The van der Waals surface area contributed by atoms with Crippen LogP contribution in [0.25, 0.3) is 11.0 Å². The zero-order chi connectivity index (χ0) is 49.9. The number of alkyl halides is 3. The molecule has 1 saturated carbocycles. The summed E-state index contributed by atoms with van der Waals surface area (Å²) >= 11 is 0. The molecular weight excluding hydrogens is 939 g/mol. The third-order valence-electron chi connectivity index (χ3n) is 14.9. The molecule has 6 heterocycles. The molecule has 1 unspecified atom stereocenters. The number of fused-ring (bicyclic) bond motifs is 1. The molecule has 70 heavy (non-hydrogen) atoms. The number of sulfonamides is 1. The number of rotatable bonds is 13. The Bertz CT molecular complexity index is 2820. The third-order valence-corrected chi connectivity index (χ3v) is 16.5. The molecule has 18 nitrogen and oxygen atoms in total. The topological polar surface area (TPSA) is 199 Å². The van der Waals surface area contributed by atoms with Gasteiger partial charge in [-0.3, -0.25) is 28.9 Å². The summed E-state index contributed by atoms with van der Waals surface area (Å²) in [6.45, 7) is 9.14. The van der Waals surface area contributed by atoms with Crippen LogP contribution in [0.15, 0.2) is 46.2 Å². The van der Waals surface area contributed by atoms with E-state index in [4.69, 9.17) is 4.74 Å². The number of aromatic nitrogens is 4. The first kappa shape index (κ1) is 49.8. The van der Waals surface area contributed by atoms with Gasteiger partial charge in [0.25, 0.3) is 0 Å². The molecule has 2 aromatic heterocycles. The zero-order valence-corrected chi connectivity index (χ0v) is 40.6. The molecule has 380 valence electrons. The number of imide groups is 1. The highest BCUT2D eigenvalue weighted by atomic mass is 32.2. The number of piperidine rings is 3. The zero-order valence-electron chi connectivity index (χ0n) is 39.8. The molecule has 4 aromatic rings. The van der Waals surface area contributed by atoms with Crippen LogP contribution in [0.5, 0.6) is 0 Å². The average molecular weight is 1000 g/mol. The number of nitrogens with zero attached hydrogens (tertiary/aromatic N) is 8. The van der Waals surface area contributed by atoms with Gasteiger partial charge in [0, 0.05) is 97.4 Å². The maximum atomic E-state index is 15.7. The van der Waals surface area contributed by atoms with Crippen LogP contribution in [0.2, 0.25) is 0 Å². The maximum absolute atomic E-state index is 15.7. The van der Waals surface area contributed by atoms with Crippen molar-refractivity contribution < 1.29 is 45.4 Å². The number of hydrogen-bond acceptors (Lipinski definition) is 14. The van der Waals surface area contributed by atoms with Crippen LogP contribution in [-0.4, -0.2) is 144 Å². The lowest BCUT2D eigenvalue weighted by atomic mass is 9.73. The number of imidazole rings is 1. The molecule has 1 aliphatic carbocycles. The van der Waals surface area contributed by atoms with Gasteiger partial charge in [0.05, 0.1) is 39.4 Å². The summed E-state index contributed by atoms with van der Waals surface area (Å²) in [7, 11) is -0.907. The van der Waals surface area contributed by atoms with Crippen molar-refractivity contribution in [2.75, 3.05) is 87.7 Å². The van der Waals surface area contributed by atoms with E-state index in [2.05, 4.69) is 35.1 Å². The number of amides is 2. The Hall–Kier alpha value is -5.20. The molecule has 4 N–H and O–H groups in total. The van der Waals surface area contributed by atoms with E-state index in [1.54, 1.807) is 28.0 Å². The Kier molecular flexibility index (Phi) is 13.6. The van der Waals surface area contributed by atoms with Crippen LogP contribution in [0.1, 0.15) is 75.5 Å². The standard InChI is InChI=1S/C47H61F4N11O7S/c1-29-22-32(6-8-35(29)53-43-52-25-33(47(49,50)51)41(55-43)61-15-5-14-45(2,66)27-61)70(67,68)56-46(28-69-4)23-31(24-46)59-20-18-58(19-21-59)26-30-12-16-60(17-13-30)39-34(48)7-9-36-40(39)57(3)44(65)62(36)37-10-11-38(63)54-42(37)64/h6-9,22,25,30-31,37,56,66H,5,10-21,23-24,26-28H2,1-4H3,(H,52,53,55)(H,54,63,64)/t31?,37?,45-,46?/m0/s1. The minimum absolute atomic E-state index is 0.0233. The monoisotopic (exact) mass is 999 g/mol. The molecule has 2 amide bonds. The second-order valence-electron chi connectivity index (χ2n) is 20.1. The number of halogens is 4. The third kappa shape index (κ3) is 10.0. The minimum atomic E-state index is -4.72. The Morgan fingerprint density at radius 3 is 2.37 bits per heavy atom. The summed E-state index contributed by atoms with van der Waals surface area (Å²) in [4.78, 5) is 54.5. The Balaban J connectivity index is 0.777. The molecule has 4 saturated heterocycles. The first-order valence-corrected chi connectivity index (χ1v) is 25.4. The Morgan fingerprint density at radius 2 is 1.71 bits per heavy atom. The molecule has 4 aliphatic heterocycles. The van der Waals surface area contributed by atoms with Crippen LogP contribution in [0.4, 0.5) is 40.7 Å². The van der Waals surface area contributed by atoms with Crippen molar-refractivity contribution in [2.24, 2.45) is 13.0 Å². The van der Waals surface area contributed by atoms with Gasteiger partial charge in [-0.25, -0.2) is 27.3 Å². The molecule has 2 aromatic carbocycles. The molecule has 0 bridgehead atoms. The Labute approximate surface area is 403 Å². The van der Waals surface area contributed by atoms with Gasteiger partial charge in [-0.15, -0.1) is 0 Å². The van der Waals surface area contributed by atoms with E-state index in [0.717, 1.165) is 51.8 Å². The number of benzene rings is 2. The fraction of sp³-hybridized carbons (Fsp3) is 0.596. The number of piperazine rings is 1. The lowest BCUT2D eigenvalue weighted by Crippen LogP contribution is -2.67. The van der Waals surface area contributed by atoms with Crippen LogP contribution < -0.4 is 30.8 Å². The van der Waals surface area contributed by atoms with Crippen molar-refractivity contribution in [3.63, 3.8) is 0 Å². The van der Waals surface area contributed by atoms with Gasteiger partial charge in [-0.1, -0.05) is 0 Å². The number of aryl methyl sites for hydroxylation is 2. The lowest BCUT2D eigenvalue weighted by molar-refractivity contribution is -0.138. The van der Waals surface area contributed by atoms with Gasteiger partial charge in [-0.05, 0) is 101 Å². The van der Waals surface area contributed by atoms with E-state index in [-0.39, 0.29) is 61.1 Å². The van der Waals surface area contributed by atoms with Gasteiger partial charge in [-0.2, -0.15) is 18.2 Å². The average Bonchev–Trinajstić information content (AvgIpc) is 3.54. The summed E-state index contributed by atoms with van der Waals surface area (Å²) in [6.07, 6.45) is 0.0223. The predicted octanol–water partition coefficient (Wildman–Crippen LogP) is 4.03. The summed E-state index contributed by atoms with van der Waals surface area (Å²) in [5.41, 5.74) is -1.30. The summed E-state index contributed by atoms with van der Waals surface area (Å²) in [5, 5.41) is 15.9. The van der Waals surface area contributed by atoms with Gasteiger partial charge < -0.3 is 29.9 Å². The van der Waals surface area contributed by atoms with E-state index >= 15 is 4.39 Å². The summed E-state index contributed by atoms with van der Waals surface area (Å²) < 4.78 is 96.8. The molecule has 2 atom stereocenters. The molecule has 5 fully saturated rings. The number of nitrogens with one attached hydrogen (secondary N) is 3. The SMILES string of the molecule is COCC1(NS(=O)(=O)c2ccc(Nc3ncc(C(F)(F)F)c(N4CCC[C@](C)(O)C4)n3)c(C)c2)CC(N2CCN(CC3CCN(c4c(F)ccc5c4n(C)c(=O)n5C4CCC(=O)NC4=O)CC3)CC2)C1. The van der Waals surface area contributed by atoms with Crippen molar-refractivity contribution in [1.29, 1.82) is 0 Å². The second-order valence-corrected chi connectivity index (χ2v) is 21.8. The van der Waals surface area contributed by atoms with E-state index in [0.29, 0.717) is 72.7 Å². The van der Waals surface area contributed by atoms with Gasteiger partial charge in [0.15, 0.2) is 0 Å². The molecule has 9 rings (SSSR count). The van der Waals surface area contributed by atoms with Gasteiger partial charge in [0.1, 0.15) is 23.2 Å². The van der Waals surface area contributed by atoms with Gasteiger partial charge >= 0.3 is 11.9 Å². The maximum Gasteiger partial charge on any atom is 0.421 e. The number of ether oxygens (including phenoxy) is 1. The number of methoxy groups -OCH3 is 1. The minimum Gasteiger partial charge on any atom is -0.388 e. The number of carbonyl (C=O) groups excluding carboxylic acids is 2. The van der Waals surface area contributed by atoms with Crippen molar-refractivity contribution in [1.82, 2.24) is 38.9 Å². The first-order valence-electron chi connectivity index (χ1n) is 23.9. The quantitative estimate of drug-likeness (QED) is 0.111. The first-order chi connectivity index (χ1) is 33.1. The Morgan fingerprint density at radius 1 is 0.986 bits per heavy atom. The fourth-order valence-electron chi connectivity index (χ4n) is 11.3. The van der Waals surface area contributed by atoms with Gasteiger partial charge in [0.2, 0.25) is 27.8 Å².